The predicted octanol–water partition coefficient (Wildman–Crippen LogP) is 1.07. The summed E-state index contributed by atoms with van der Waals surface area (Å²) in [5, 5.41) is 2.96. The monoisotopic (exact) mass is 256 g/mol. The fourth-order valence-electron chi connectivity index (χ4n) is 1.14. The third kappa shape index (κ3) is 4.39. The SMILES string of the molecule is NC(=O)CNCCc1cccc(Br)c1. The molecule has 0 aromatic heterocycles. The van der Waals surface area contributed by atoms with Crippen molar-refractivity contribution in [1.29, 1.82) is 0 Å². The van der Waals surface area contributed by atoms with Crippen molar-refractivity contribution in [3.05, 3.63) is 34.3 Å². The lowest BCUT2D eigenvalue weighted by molar-refractivity contribution is -0.117. The number of hydrogen-bond donors (Lipinski definition) is 2. The van der Waals surface area contributed by atoms with Crippen molar-refractivity contribution in [2.24, 2.45) is 5.73 Å². The van der Waals surface area contributed by atoms with Crippen molar-refractivity contribution in [3.8, 4) is 0 Å². The van der Waals surface area contributed by atoms with Crippen LogP contribution in [0.2, 0.25) is 0 Å². The van der Waals surface area contributed by atoms with Crippen LogP contribution in [0.4, 0.5) is 0 Å². The van der Waals surface area contributed by atoms with Crippen LogP contribution in [0.1, 0.15) is 5.56 Å². The molecule has 0 saturated heterocycles. The zero-order valence-electron chi connectivity index (χ0n) is 7.79. The van der Waals surface area contributed by atoms with E-state index >= 15 is 0 Å². The molecule has 14 heavy (non-hydrogen) atoms. The lowest BCUT2D eigenvalue weighted by Gasteiger charge is -2.02. The van der Waals surface area contributed by atoms with Gasteiger partial charge in [0.25, 0.3) is 0 Å². The smallest absolute Gasteiger partial charge is 0.231 e. The standard InChI is InChI=1S/C10H13BrN2O/c11-9-3-1-2-8(6-9)4-5-13-7-10(12)14/h1-3,6,13H,4-5,7H2,(H2,12,14). The van der Waals surface area contributed by atoms with Gasteiger partial charge < -0.3 is 11.1 Å². The summed E-state index contributed by atoms with van der Waals surface area (Å²) in [7, 11) is 0. The van der Waals surface area contributed by atoms with Crippen molar-refractivity contribution in [3.63, 3.8) is 0 Å². The first-order valence-electron chi connectivity index (χ1n) is 4.42. The van der Waals surface area contributed by atoms with Crippen molar-refractivity contribution in [2.75, 3.05) is 13.1 Å². The van der Waals surface area contributed by atoms with E-state index in [9.17, 15) is 4.79 Å². The van der Waals surface area contributed by atoms with E-state index in [0.29, 0.717) is 0 Å². The minimum atomic E-state index is -0.320. The van der Waals surface area contributed by atoms with Gasteiger partial charge in [-0.2, -0.15) is 0 Å². The third-order valence-electron chi connectivity index (χ3n) is 1.78. The van der Waals surface area contributed by atoms with Crippen LogP contribution in [0, 0.1) is 0 Å². The molecule has 0 unspecified atom stereocenters. The van der Waals surface area contributed by atoms with E-state index in [2.05, 4.69) is 33.4 Å². The summed E-state index contributed by atoms with van der Waals surface area (Å²) in [6.07, 6.45) is 0.896. The quantitative estimate of drug-likeness (QED) is 0.775. The second kappa shape index (κ2) is 5.78. The summed E-state index contributed by atoms with van der Waals surface area (Å²) in [5.41, 5.74) is 6.22. The first-order chi connectivity index (χ1) is 6.68. The van der Waals surface area contributed by atoms with E-state index in [1.54, 1.807) is 0 Å². The van der Waals surface area contributed by atoms with Gasteiger partial charge in [0, 0.05) is 4.47 Å². The van der Waals surface area contributed by atoms with Crippen LogP contribution < -0.4 is 11.1 Å². The Labute approximate surface area is 91.8 Å². The highest BCUT2D eigenvalue weighted by Gasteiger charge is 1.95. The highest BCUT2D eigenvalue weighted by atomic mass is 79.9. The molecule has 0 radical (unpaired) electrons. The molecule has 1 rings (SSSR count). The first kappa shape index (κ1) is 11.2. The van der Waals surface area contributed by atoms with E-state index in [1.165, 1.54) is 5.56 Å². The second-order valence-electron chi connectivity index (χ2n) is 3.02. The molecule has 76 valence electrons. The normalized spacial score (nSPS) is 10.1. The summed E-state index contributed by atoms with van der Waals surface area (Å²) < 4.78 is 1.07. The van der Waals surface area contributed by atoms with E-state index in [4.69, 9.17) is 5.73 Å². The first-order valence-corrected chi connectivity index (χ1v) is 5.21. The largest absolute Gasteiger partial charge is 0.369 e. The topological polar surface area (TPSA) is 55.1 Å². The van der Waals surface area contributed by atoms with Crippen LogP contribution in [0.25, 0.3) is 0 Å². The molecule has 3 nitrogen and oxygen atoms in total. The molecule has 0 aliphatic heterocycles. The molecule has 0 spiro atoms. The lowest BCUT2D eigenvalue weighted by Crippen LogP contribution is -2.29. The van der Waals surface area contributed by atoms with Crippen LogP contribution >= 0.6 is 15.9 Å². The molecule has 0 aliphatic carbocycles. The van der Waals surface area contributed by atoms with E-state index in [1.807, 2.05) is 12.1 Å². The maximum Gasteiger partial charge on any atom is 0.231 e. The van der Waals surface area contributed by atoms with Crippen LogP contribution in [0.5, 0.6) is 0 Å². The van der Waals surface area contributed by atoms with Crippen LogP contribution in [-0.4, -0.2) is 19.0 Å². The number of nitrogens with two attached hydrogens (primary N) is 1. The molecule has 1 amide bonds. The van der Waals surface area contributed by atoms with E-state index in [-0.39, 0.29) is 12.5 Å². The molecule has 4 heteroatoms. The number of halogens is 1. The van der Waals surface area contributed by atoms with Gasteiger partial charge >= 0.3 is 0 Å². The van der Waals surface area contributed by atoms with Gasteiger partial charge in [-0.25, -0.2) is 0 Å². The summed E-state index contributed by atoms with van der Waals surface area (Å²) in [6, 6.07) is 8.09. The average molecular weight is 257 g/mol. The number of rotatable bonds is 5. The molecule has 0 aliphatic rings. The van der Waals surface area contributed by atoms with Crippen molar-refractivity contribution >= 4 is 21.8 Å². The highest BCUT2D eigenvalue weighted by molar-refractivity contribution is 9.10. The van der Waals surface area contributed by atoms with Gasteiger partial charge in [-0.1, -0.05) is 28.1 Å². The van der Waals surface area contributed by atoms with E-state index < -0.39 is 0 Å². The molecule has 0 bridgehead atoms. The Hall–Kier alpha value is -0.870. The molecule has 0 atom stereocenters. The number of hydrogen-bond acceptors (Lipinski definition) is 2. The molecule has 1 aromatic rings. The van der Waals surface area contributed by atoms with Gasteiger partial charge in [0.2, 0.25) is 5.91 Å². The van der Waals surface area contributed by atoms with Gasteiger partial charge in [-0.05, 0) is 30.7 Å². The molecule has 0 saturated carbocycles. The molecular weight excluding hydrogens is 244 g/mol. The molecule has 1 aromatic carbocycles. The molecular formula is C10H13BrN2O. The summed E-state index contributed by atoms with van der Waals surface area (Å²) in [4.78, 5) is 10.4. The number of carbonyl (C=O) groups is 1. The van der Waals surface area contributed by atoms with Crippen molar-refractivity contribution in [2.45, 2.75) is 6.42 Å². The Balaban J connectivity index is 2.28. The van der Waals surface area contributed by atoms with Crippen molar-refractivity contribution < 1.29 is 4.79 Å². The highest BCUT2D eigenvalue weighted by Crippen LogP contribution is 2.11. The van der Waals surface area contributed by atoms with Crippen LogP contribution in [-0.2, 0) is 11.2 Å². The number of nitrogens with one attached hydrogen (secondary N) is 1. The third-order valence-corrected chi connectivity index (χ3v) is 2.27. The van der Waals surface area contributed by atoms with Crippen LogP contribution in [0.15, 0.2) is 28.7 Å². The van der Waals surface area contributed by atoms with Gasteiger partial charge in [0.1, 0.15) is 0 Å². The minimum absolute atomic E-state index is 0.244. The Morgan fingerprint density at radius 3 is 2.93 bits per heavy atom. The van der Waals surface area contributed by atoms with Crippen LogP contribution in [0.3, 0.4) is 0 Å². The Morgan fingerprint density at radius 2 is 2.29 bits per heavy atom. The second-order valence-corrected chi connectivity index (χ2v) is 3.94. The lowest BCUT2D eigenvalue weighted by atomic mass is 10.1. The van der Waals surface area contributed by atoms with Gasteiger partial charge in [0.05, 0.1) is 6.54 Å². The number of carbonyl (C=O) groups excluding carboxylic acids is 1. The van der Waals surface area contributed by atoms with Gasteiger partial charge in [0.15, 0.2) is 0 Å². The predicted molar refractivity (Wildman–Crippen MR) is 59.9 cm³/mol. The zero-order chi connectivity index (χ0) is 10.4. The zero-order valence-corrected chi connectivity index (χ0v) is 9.38. The van der Waals surface area contributed by atoms with Gasteiger partial charge in [-0.15, -0.1) is 0 Å². The number of benzene rings is 1. The minimum Gasteiger partial charge on any atom is -0.369 e. The molecule has 0 heterocycles. The fourth-order valence-corrected chi connectivity index (χ4v) is 1.58. The number of amides is 1. The maximum atomic E-state index is 10.4. The Kier molecular flexibility index (Phi) is 4.62. The Morgan fingerprint density at radius 1 is 1.50 bits per heavy atom. The van der Waals surface area contributed by atoms with Gasteiger partial charge in [-0.3, -0.25) is 4.79 Å². The summed E-state index contributed by atoms with van der Waals surface area (Å²) >= 11 is 3.40. The maximum absolute atomic E-state index is 10.4. The summed E-state index contributed by atoms with van der Waals surface area (Å²) in [5.74, 6) is -0.320. The molecule has 3 N–H and O–H groups in total. The Bertz CT molecular complexity index is 315. The molecule has 0 fully saturated rings. The average Bonchev–Trinajstić information content (AvgIpc) is 2.12. The fraction of sp³-hybridized carbons (Fsp3) is 0.300. The number of primary amides is 1. The summed E-state index contributed by atoms with van der Waals surface area (Å²) in [6.45, 7) is 1.01. The van der Waals surface area contributed by atoms with E-state index in [0.717, 1.165) is 17.4 Å². The van der Waals surface area contributed by atoms with Crippen molar-refractivity contribution in [1.82, 2.24) is 5.32 Å².